The van der Waals surface area contributed by atoms with Gasteiger partial charge >= 0.3 is 0 Å². The van der Waals surface area contributed by atoms with E-state index in [2.05, 4.69) is 41.0 Å². The Labute approximate surface area is 179 Å². The lowest BCUT2D eigenvalue weighted by Crippen LogP contribution is -2.47. The zero-order chi connectivity index (χ0) is 21.3. The maximum absolute atomic E-state index is 12.0. The molecule has 0 amide bonds. The summed E-state index contributed by atoms with van der Waals surface area (Å²) in [6.45, 7) is 6.96. The fraction of sp³-hybridized carbons (Fsp3) is 0.478. The van der Waals surface area contributed by atoms with Crippen LogP contribution in [0.5, 0.6) is 0 Å². The minimum Gasteiger partial charge on any atom is -0.387 e. The molecule has 2 aliphatic rings. The second-order valence-corrected chi connectivity index (χ2v) is 10.4. The maximum Gasteiger partial charge on any atom is 0.232 e. The first-order chi connectivity index (χ1) is 14.3. The normalized spacial score (nSPS) is 18.9. The lowest BCUT2D eigenvalue weighted by molar-refractivity contribution is 0.109. The number of nitrogens with zero attached hydrogens (tertiary/aromatic N) is 3. The van der Waals surface area contributed by atoms with Gasteiger partial charge in [-0.25, -0.2) is 8.42 Å². The highest BCUT2D eigenvalue weighted by Gasteiger charge is 2.26. The van der Waals surface area contributed by atoms with Crippen LogP contribution in [0.1, 0.15) is 29.2 Å². The SMILES string of the molecule is Cc1cccc(N2CCN(CC(O)c3ccc4c(c3)CCCN4S(C)(=O)=O)CC2)c1. The second kappa shape index (κ2) is 8.57. The Bertz CT molecular complexity index is 1000. The first-order valence-corrected chi connectivity index (χ1v) is 12.5. The average molecular weight is 430 g/mol. The molecule has 2 aromatic carbocycles. The molecule has 1 saturated heterocycles. The van der Waals surface area contributed by atoms with Crippen molar-refractivity contribution in [2.75, 3.05) is 54.7 Å². The van der Waals surface area contributed by atoms with Gasteiger partial charge in [-0.2, -0.15) is 0 Å². The van der Waals surface area contributed by atoms with Crippen LogP contribution in [0.25, 0.3) is 0 Å². The quantitative estimate of drug-likeness (QED) is 0.792. The molecule has 1 unspecified atom stereocenters. The summed E-state index contributed by atoms with van der Waals surface area (Å²) in [5.74, 6) is 0. The van der Waals surface area contributed by atoms with Gasteiger partial charge in [-0.05, 0) is 54.7 Å². The van der Waals surface area contributed by atoms with Crippen molar-refractivity contribution in [3.8, 4) is 0 Å². The molecule has 0 radical (unpaired) electrons. The van der Waals surface area contributed by atoms with E-state index in [-0.39, 0.29) is 0 Å². The van der Waals surface area contributed by atoms with Gasteiger partial charge in [0.05, 0.1) is 18.0 Å². The molecule has 0 bridgehead atoms. The molecular weight excluding hydrogens is 398 g/mol. The van der Waals surface area contributed by atoms with Crippen molar-refractivity contribution in [1.29, 1.82) is 0 Å². The molecule has 0 saturated carbocycles. The van der Waals surface area contributed by atoms with E-state index in [9.17, 15) is 13.5 Å². The summed E-state index contributed by atoms with van der Waals surface area (Å²) in [6, 6.07) is 14.3. The fourth-order valence-electron chi connectivity index (χ4n) is 4.50. The number of piperazine rings is 1. The van der Waals surface area contributed by atoms with Crippen LogP contribution in [0.15, 0.2) is 42.5 Å². The van der Waals surface area contributed by atoms with Crippen LogP contribution in [0, 0.1) is 6.92 Å². The Hall–Kier alpha value is -2.09. The van der Waals surface area contributed by atoms with E-state index in [0.717, 1.165) is 55.8 Å². The molecule has 4 rings (SSSR count). The lowest BCUT2D eigenvalue weighted by atomic mass is 9.98. The van der Waals surface area contributed by atoms with Crippen molar-refractivity contribution in [2.45, 2.75) is 25.9 Å². The summed E-state index contributed by atoms with van der Waals surface area (Å²) < 4.78 is 25.6. The van der Waals surface area contributed by atoms with Crippen molar-refractivity contribution in [3.05, 3.63) is 59.2 Å². The molecule has 7 heteroatoms. The molecule has 1 fully saturated rings. The van der Waals surface area contributed by atoms with E-state index < -0.39 is 16.1 Å². The van der Waals surface area contributed by atoms with Gasteiger partial charge in [0.2, 0.25) is 10.0 Å². The molecule has 1 N–H and O–H groups in total. The summed E-state index contributed by atoms with van der Waals surface area (Å²) in [5, 5.41) is 10.8. The number of sulfonamides is 1. The second-order valence-electron chi connectivity index (χ2n) is 8.47. The van der Waals surface area contributed by atoms with E-state index in [1.807, 2.05) is 18.2 Å². The minimum atomic E-state index is -3.27. The van der Waals surface area contributed by atoms with Crippen molar-refractivity contribution in [2.24, 2.45) is 0 Å². The van der Waals surface area contributed by atoms with E-state index in [4.69, 9.17) is 0 Å². The van der Waals surface area contributed by atoms with Gasteiger partial charge in [0.1, 0.15) is 0 Å². The number of benzene rings is 2. The van der Waals surface area contributed by atoms with Crippen molar-refractivity contribution < 1.29 is 13.5 Å². The topological polar surface area (TPSA) is 64.1 Å². The predicted octanol–water partition coefficient (Wildman–Crippen LogP) is 2.56. The van der Waals surface area contributed by atoms with Crippen LogP contribution in [0.4, 0.5) is 11.4 Å². The highest BCUT2D eigenvalue weighted by atomic mass is 32.2. The minimum absolute atomic E-state index is 0.527. The van der Waals surface area contributed by atoms with Crippen LogP contribution in [-0.2, 0) is 16.4 Å². The third-order valence-electron chi connectivity index (χ3n) is 6.13. The number of hydrogen-bond acceptors (Lipinski definition) is 5. The van der Waals surface area contributed by atoms with Gasteiger partial charge in [0, 0.05) is 45.0 Å². The fourth-order valence-corrected chi connectivity index (χ4v) is 5.49. The summed E-state index contributed by atoms with van der Waals surface area (Å²) in [7, 11) is -3.27. The number of aryl methyl sites for hydroxylation is 2. The van der Waals surface area contributed by atoms with Crippen molar-refractivity contribution >= 4 is 21.4 Å². The average Bonchev–Trinajstić information content (AvgIpc) is 2.72. The number of fused-ring (bicyclic) bond motifs is 1. The number of β-amino-alcohol motifs (C(OH)–C–C–N with tert-alkyl or cyclic N) is 1. The summed E-state index contributed by atoms with van der Waals surface area (Å²) in [4.78, 5) is 4.70. The highest BCUT2D eigenvalue weighted by Crippen LogP contribution is 2.31. The maximum atomic E-state index is 12.0. The van der Waals surface area contributed by atoms with Crippen molar-refractivity contribution in [1.82, 2.24) is 4.90 Å². The molecule has 0 spiro atoms. The summed E-state index contributed by atoms with van der Waals surface area (Å²) in [5.41, 5.74) is 5.16. The molecule has 1 atom stereocenters. The molecule has 0 aliphatic carbocycles. The largest absolute Gasteiger partial charge is 0.387 e. The standard InChI is InChI=1S/C23H31N3O3S/c1-18-5-3-7-21(15-18)25-13-11-24(12-14-25)17-23(27)20-8-9-22-19(16-20)6-4-10-26(22)30(2,28)29/h3,5,7-9,15-16,23,27H,4,6,10-14,17H2,1-2H3. The van der Waals surface area contributed by atoms with E-state index in [0.29, 0.717) is 13.1 Å². The van der Waals surface area contributed by atoms with Gasteiger partial charge in [-0.3, -0.25) is 9.21 Å². The number of aliphatic hydroxyl groups is 1. The summed E-state index contributed by atoms with van der Waals surface area (Å²) in [6.07, 6.45) is 2.33. The Morgan fingerprint density at radius 1 is 1.03 bits per heavy atom. The highest BCUT2D eigenvalue weighted by molar-refractivity contribution is 7.92. The smallest absolute Gasteiger partial charge is 0.232 e. The Morgan fingerprint density at radius 2 is 1.80 bits per heavy atom. The van der Waals surface area contributed by atoms with E-state index in [1.54, 1.807) is 0 Å². The molecule has 2 aliphatic heterocycles. The monoisotopic (exact) mass is 429 g/mol. The first kappa shape index (κ1) is 21.2. The Kier molecular flexibility index (Phi) is 6.04. The number of aliphatic hydroxyl groups excluding tert-OH is 1. The third kappa shape index (κ3) is 4.63. The number of rotatable bonds is 5. The zero-order valence-electron chi connectivity index (χ0n) is 17.8. The van der Waals surface area contributed by atoms with Crippen LogP contribution in [0.2, 0.25) is 0 Å². The van der Waals surface area contributed by atoms with Crippen LogP contribution >= 0.6 is 0 Å². The van der Waals surface area contributed by atoms with Crippen LogP contribution in [0.3, 0.4) is 0 Å². The Morgan fingerprint density at radius 3 is 2.50 bits per heavy atom. The number of anilines is 2. The predicted molar refractivity (Wildman–Crippen MR) is 122 cm³/mol. The van der Waals surface area contributed by atoms with Crippen LogP contribution in [-0.4, -0.2) is 63.9 Å². The molecule has 162 valence electrons. The van der Waals surface area contributed by atoms with Crippen LogP contribution < -0.4 is 9.21 Å². The molecule has 0 aromatic heterocycles. The summed E-state index contributed by atoms with van der Waals surface area (Å²) >= 11 is 0. The molecule has 2 aromatic rings. The van der Waals surface area contributed by atoms with Gasteiger partial charge in [-0.15, -0.1) is 0 Å². The molecule has 30 heavy (non-hydrogen) atoms. The van der Waals surface area contributed by atoms with Gasteiger partial charge < -0.3 is 10.0 Å². The molecule has 6 nitrogen and oxygen atoms in total. The lowest BCUT2D eigenvalue weighted by Gasteiger charge is -2.37. The van der Waals surface area contributed by atoms with E-state index >= 15 is 0 Å². The molecular formula is C23H31N3O3S. The first-order valence-electron chi connectivity index (χ1n) is 10.6. The van der Waals surface area contributed by atoms with Gasteiger partial charge in [-0.1, -0.05) is 24.3 Å². The Balaban J connectivity index is 1.38. The molecule has 2 heterocycles. The zero-order valence-corrected chi connectivity index (χ0v) is 18.6. The third-order valence-corrected chi connectivity index (χ3v) is 7.31. The van der Waals surface area contributed by atoms with Gasteiger partial charge in [0.25, 0.3) is 0 Å². The van der Waals surface area contributed by atoms with Crippen molar-refractivity contribution in [3.63, 3.8) is 0 Å². The van der Waals surface area contributed by atoms with Gasteiger partial charge in [0.15, 0.2) is 0 Å². The number of hydrogen-bond donors (Lipinski definition) is 1. The van der Waals surface area contributed by atoms with E-state index in [1.165, 1.54) is 21.8 Å².